The summed E-state index contributed by atoms with van der Waals surface area (Å²) in [7, 11) is 1.63. The van der Waals surface area contributed by atoms with Crippen molar-refractivity contribution in [2.75, 3.05) is 46.9 Å². The van der Waals surface area contributed by atoms with Gasteiger partial charge in [-0.3, -0.25) is 0 Å². The molecule has 4 nitrogen and oxygen atoms in total. The second kappa shape index (κ2) is 5.49. The summed E-state index contributed by atoms with van der Waals surface area (Å²) in [5.41, 5.74) is 0. The van der Waals surface area contributed by atoms with Crippen molar-refractivity contribution in [2.45, 2.75) is 0 Å². The number of hydrogen-bond acceptors (Lipinski definition) is 3. The minimum absolute atomic E-state index is 0.393. The fourth-order valence-electron chi connectivity index (χ4n) is 1.07. The third kappa shape index (κ3) is 3.67. The zero-order valence-electron chi connectivity index (χ0n) is 6.97. The number of nitrogens with one attached hydrogen (secondary N) is 1. The van der Waals surface area contributed by atoms with Crippen molar-refractivity contribution >= 4 is 0 Å². The monoisotopic (exact) mass is 162 g/mol. The molecule has 0 aromatic rings. The fraction of sp³-hybridized carbons (Fsp3) is 1.00. The molecule has 1 fully saturated rings. The number of quaternary nitrogens is 1. The van der Waals surface area contributed by atoms with Gasteiger partial charge in [-0.25, -0.2) is 0 Å². The van der Waals surface area contributed by atoms with Crippen molar-refractivity contribution in [1.29, 1.82) is 0 Å². The standard InChI is InChI=1S/C7H15NO3/c1-9-7-11-6-8-2-4-10-5-3-8/h2-7H2,1H3/p+1. The zero-order valence-corrected chi connectivity index (χ0v) is 6.97. The molecule has 0 aromatic heterocycles. The van der Waals surface area contributed by atoms with Gasteiger partial charge in [0.1, 0.15) is 13.1 Å². The van der Waals surface area contributed by atoms with Gasteiger partial charge in [-0.05, 0) is 0 Å². The van der Waals surface area contributed by atoms with Gasteiger partial charge < -0.3 is 19.1 Å². The molecule has 4 heteroatoms. The van der Waals surface area contributed by atoms with Gasteiger partial charge in [-0.15, -0.1) is 0 Å². The molecular weight excluding hydrogens is 146 g/mol. The molecule has 1 heterocycles. The molecule has 0 unspecified atom stereocenters. The molecule has 1 saturated heterocycles. The van der Waals surface area contributed by atoms with E-state index in [4.69, 9.17) is 14.2 Å². The summed E-state index contributed by atoms with van der Waals surface area (Å²) in [6.07, 6.45) is 0. The van der Waals surface area contributed by atoms with Gasteiger partial charge in [0.25, 0.3) is 0 Å². The first-order chi connectivity index (χ1) is 5.43. The molecule has 0 saturated carbocycles. The minimum atomic E-state index is 0.393. The molecular formula is C7H16NO3+. The average Bonchev–Trinajstić information content (AvgIpc) is 2.07. The van der Waals surface area contributed by atoms with E-state index in [1.165, 1.54) is 4.90 Å². The summed E-state index contributed by atoms with van der Waals surface area (Å²) in [5, 5.41) is 0. The first-order valence-electron chi connectivity index (χ1n) is 3.91. The third-order valence-corrected chi connectivity index (χ3v) is 1.71. The molecule has 0 spiro atoms. The van der Waals surface area contributed by atoms with Crippen LogP contribution >= 0.6 is 0 Å². The van der Waals surface area contributed by atoms with E-state index in [1.54, 1.807) is 7.11 Å². The van der Waals surface area contributed by atoms with E-state index in [1.807, 2.05) is 0 Å². The van der Waals surface area contributed by atoms with Crippen LogP contribution in [0.25, 0.3) is 0 Å². The molecule has 1 rings (SSSR count). The predicted octanol–water partition coefficient (Wildman–Crippen LogP) is -1.52. The molecule has 0 bridgehead atoms. The summed E-state index contributed by atoms with van der Waals surface area (Å²) in [6.45, 7) is 4.92. The topological polar surface area (TPSA) is 32.1 Å². The lowest BCUT2D eigenvalue weighted by Crippen LogP contribution is -3.14. The maximum Gasteiger partial charge on any atom is 0.184 e. The van der Waals surface area contributed by atoms with Crippen molar-refractivity contribution in [3.63, 3.8) is 0 Å². The highest BCUT2D eigenvalue weighted by Crippen LogP contribution is 1.75. The highest BCUT2D eigenvalue weighted by Gasteiger charge is 2.12. The number of methoxy groups -OCH3 is 1. The Kier molecular flexibility index (Phi) is 4.45. The van der Waals surface area contributed by atoms with E-state index in [-0.39, 0.29) is 0 Å². The van der Waals surface area contributed by atoms with Gasteiger partial charge in [0.05, 0.1) is 13.2 Å². The summed E-state index contributed by atoms with van der Waals surface area (Å²) in [5.74, 6) is 0. The number of morpholine rings is 1. The van der Waals surface area contributed by atoms with E-state index < -0.39 is 0 Å². The summed E-state index contributed by atoms with van der Waals surface area (Å²) >= 11 is 0. The number of hydrogen-bond donors (Lipinski definition) is 1. The normalized spacial score (nSPS) is 20.5. The van der Waals surface area contributed by atoms with Crippen LogP contribution in [0.4, 0.5) is 0 Å². The Labute approximate surface area is 67.0 Å². The molecule has 1 N–H and O–H groups in total. The van der Waals surface area contributed by atoms with Crippen LogP contribution in [0.5, 0.6) is 0 Å². The number of rotatable bonds is 4. The van der Waals surface area contributed by atoms with Crippen LogP contribution in [-0.4, -0.2) is 46.9 Å². The Morgan fingerprint density at radius 1 is 1.36 bits per heavy atom. The van der Waals surface area contributed by atoms with Crippen LogP contribution in [0.15, 0.2) is 0 Å². The molecule has 11 heavy (non-hydrogen) atoms. The zero-order chi connectivity index (χ0) is 7.94. The first-order valence-corrected chi connectivity index (χ1v) is 3.91. The molecule has 1 aliphatic heterocycles. The molecule has 0 atom stereocenters. The second-order valence-electron chi connectivity index (χ2n) is 2.62. The van der Waals surface area contributed by atoms with Gasteiger partial charge in [0.2, 0.25) is 0 Å². The lowest BCUT2D eigenvalue weighted by molar-refractivity contribution is -0.927. The largest absolute Gasteiger partial charge is 0.370 e. The van der Waals surface area contributed by atoms with Crippen molar-refractivity contribution in [3.05, 3.63) is 0 Å². The Hall–Kier alpha value is -0.160. The van der Waals surface area contributed by atoms with Crippen molar-refractivity contribution < 1.29 is 19.1 Å². The summed E-state index contributed by atoms with van der Waals surface area (Å²) in [4.78, 5) is 1.44. The van der Waals surface area contributed by atoms with E-state index in [0.29, 0.717) is 6.79 Å². The van der Waals surface area contributed by atoms with Crippen LogP contribution in [0.2, 0.25) is 0 Å². The van der Waals surface area contributed by atoms with Crippen molar-refractivity contribution in [2.24, 2.45) is 0 Å². The Bertz CT molecular complexity index is 93.7. The van der Waals surface area contributed by atoms with E-state index in [9.17, 15) is 0 Å². The van der Waals surface area contributed by atoms with E-state index >= 15 is 0 Å². The lowest BCUT2D eigenvalue weighted by Gasteiger charge is -2.22. The molecule has 1 aliphatic rings. The van der Waals surface area contributed by atoms with Gasteiger partial charge >= 0.3 is 0 Å². The van der Waals surface area contributed by atoms with E-state index in [2.05, 4.69) is 0 Å². The van der Waals surface area contributed by atoms with Crippen LogP contribution in [0, 0.1) is 0 Å². The SMILES string of the molecule is COCOC[NH+]1CCOCC1. The lowest BCUT2D eigenvalue weighted by atomic mass is 10.5. The van der Waals surface area contributed by atoms with Crippen molar-refractivity contribution in [3.8, 4) is 0 Å². The second-order valence-corrected chi connectivity index (χ2v) is 2.62. The van der Waals surface area contributed by atoms with Gasteiger partial charge in [0.15, 0.2) is 13.5 Å². The fourth-order valence-corrected chi connectivity index (χ4v) is 1.07. The molecule has 0 amide bonds. The highest BCUT2D eigenvalue weighted by atomic mass is 16.7. The smallest absolute Gasteiger partial charge is 0.184 e. The van der Waals surface area contributed by atoms with Crippen LogP contribution in [0.3, 0.4) is 0 Å². The predicted molar refractivity (Wildman–Crippen MR) is 39.3 cm³/mol. The van der Waals surface area contributed by atoms with Crippen LogP contribution in [-0.2, 0) is 14.2 Å². The Balaban J connectivity index is 1.96. The van der Waals surface area contributed by atoms with Gasteiger partial charge in [0, 0.05) is 7.11 Å². The summed E-state index contributed by atoms with van der Waals surface area (Å²) < 4.78 is 15.2. The van der Waals surface area contributed by atoms with E-state index in [0.717, 1.165) is 33.0 Å². The highest BCUT2D eigenvalue weighted by molar-refractivity contribution is 4.35. The van der Waals surface area contributed by atoms with Crippen LogP contribution < -0.4 is 4.90 Å². The molecule has 66 valence electrons. The minimum Gasteiger partial charge on any atom is -0.370 e. The van der Waals surface area contributed by atoms with Crippen molar-refractivity contribution in [1.82, 2.24) is 0 Å². The molecule has 0 aromatic carbocycles. The van der Waals surface area contributed by atoms with Gasteiger partial charge in [-0.1, -0.05) is 0 Å². The van der Waals surface area contributed by atoms with Crippen LogP contribution in [0.1, 0.15) is 0 Å². The number of ether oxygens (including phenoxy) is 3. The first kappa shape index (κ1) is 8.93. The Morgan fingerprint density at radius 3 is 2.73 bits per heavy atom. The third-order valence-electron chi connectivity index (χ3n) is 1.71. The quantitative estimate of drug-likeness (QED) is 0.402. The average molecular weight is 162 g/mol. The Morgan fingerprint density at radius 2 is 2.09 bits per heavy atom. The molecule has 0 radical (unpaired) electrons. The maximum absolute atomic E-state index is 5.21. The summed E-state index contributed by atoms with van der Waals surface area (Å²) in [6, 6.07) is 0. The van der Waals surface area contributed by atoms with Gasteiger partial charge in [-0.2, -0.15) is 0 Å². The maximum atomic E-state index is 5.21. The molecule has 0 aliphatic carbocycles.